The molecule has 25 heavy (non-hydrogen) atoms. The highest BCUT2D eigenvalue weighted by Crippen LogP contribution is 2.27. The maximum absolute atomic E-state index is 11.7. The van der Waals surface area contributed by atoms with E-state index in [1.165, 1.54) is 77.0 Å². The number of carbonyl (C=O) groups is 1. The molecule has 0 amide bonds. The zero-order valence-electron chi connectivity index (χ0n) is 17.7. The van der Waals surface area contributed by atoms with Gasteiger partial charge < -0.3 is 5.11 Å². The average molecular weight is 355 g/mol. The lowest BCUT2D eigenvalue weighted by atomic mass is 9.84. The molecule has 2 unspecified atom stereocenters. The number of hydrogen-bond acceptors (Lipinski definition) is 1. The van der Waals surface area contributed by atoms with Gasteiger partial charge in [0.15, 0.2) is 0 Å². The van der Waals surface area contributed by atoms with E-state index < -0.39 is 5.97 Å². The first-order chi connectivity index (χ1) is 12.0. The van der Waals surface area contributed by atoms with Crippen LogP contribution in [0.1, 0.15) is 124 Å². The number of rotatable bonds is 18. The number of hydrogen-bond donors (Lipinski definition) is 1. The maximum Gasteiger partial charge on any atom is 0.306 e. The predicted octanol–water partition coefficient (Wildman–Crippen LogP) is 7.85. The van der Waals surface area contributed by atoms with Crippen LogP contribution in [0.2, 0.25) is 0 Å². The molecule has 0 aliphatic heterocycles. The van der Waals surface area contributed by atoms with Gasteiger partial charge in [0.2, 0.25) is 0 Å². The van der Waals surface area contributed by atoms with Gasteiger partial charge in [0, 0.05) is 0 Å². The van der Waals surface area contributed by atoms with Crippen molar-refractivity contribution in [2.75, 3.05) is 0 Å². The lowest BCUT2D eigenvalue weighted by molar-refractivity contribution is -0.142. The SMILES string of the molecule is CCCCCCC(CCCC)CC(CCCCCCC(C)C)C(=O)O. The first kappa shape index (κ1) is 24.5. The van der Waals surface area contributed by atoms with Gasteiger partial charge >= 0.3 is 5.97 Å². The number of carboxylic acid groups (broad SMARTS) is 1. The summed E-state index contributed by atoms with van der Waals surface area (Å²) in [5, 5.41) is 9.63. The van der Waals surface area contributed by atoms with Gasteiger partial charge in [-0.1, -0.05) is 111 Å². The molecule has 0 saturated heterocycles. The molecular weight excluding hydrogens is 308 g/mol. The molecule has 0 saturated carbocycles. The van der Waals surface area contributed by atoms with E-state index in [2.05, 4.69) is 27.7 Å². The van der Waals surface area contributed by atoms with Crippen LogP contribution in [0, 0.1) is 17.8 Å². The Balaban J connectivity index is 4.18. The fourth-order valence-corrected chi connectivity index (χ4v) is 3.77. The molecule has 0 rings (SSSR count). The van der Waals surface area contributed by atoms with E-state index in [9.17, 15) is 9.90 Å². The zero-order valence-corrected chi connectivity index (χ0v) is 17.7. The molecule has 0 heterocycles. The van der Waals surface area contributed by atoms with Crippen molar-refractivity contribution in [3.8, 4) is 0 Å². The number of unbranched alkanes of at least 4 members (excludes halogenated alkanes) is 7. The van der Waals surface area contributed by atoms with Crippen molar-refractivity contribution in [1.29, 1.82) is 0 Å². The van der Waals surface area contributed by atoms with Crippen LogP contribution in [-0.2, 0) is 4.79 Å². The lowest BCUT2D eigenvalue weighted by Crippen LogP contribution is -2.18. The van der Waals surface area contributed by atoms with E-state index in [-0.39, 0.29) is 5.92 Å². The first-order valence-electron chi connectivity index (χ1n) is 11.2. The van der Waals surface area contributed by atoms with Gasteiger partial charge in [-0.05, 0) is 24.7 Å². The predicted molar refractivity (Wildman–Crippen MR) is 110 cm³/mol. The number of carboxylic acids is 1. The van der Waals surface area contributed by atoms with Gasteiger partial charge in [-0.25, -0.2) is 0 Å². The van der Waals surface area contributed by atoms with Crippen molar-refractivity contribution >= 4 is 5.97 Å². The monoisotopic (exact) mass is 354 g/mol. The summed E-state index contributed by atoms with van der Waals surface area (Å²) < 4.78 is 0. The highest BCUT2D eigenvalue weighted by Gasteiger charge is 2.21. The van der Waals surface area contributed by atoms with Crippen LogP contribution < -0.4 is 0 Å². The van der Waals surface area contributed by atoms with Crippen LogP contribution in [0.25, 0.3) is 0 Å². The third-order valence-electron chi connectivity index (χ3n) is 5.48. The molecule has 0 spiro atoms. The molecule has 0 aliphatic carbocycles. The van der Waals surface area contributed by atoms with Crippen molar-refractivity contribution in [2.45, 2.75) is 124 Å². The van der Waals surface area contributed by atoms with Crippen LogP contribution >= 0.6 is 0 Å². The Hall–Kier alpha value is -0.530. The largest absolute Gasteiger partial charge is 0.481 e. The Kier molecular flexibility index (Phi) is 16.6. The molecule has 0 aromatic rings. The summed E-state index contributed by atoms with van der Waals surface area (Å²) in [6, 6.07) is 0. The molecule has 1 N–H and O–H groups in total. The third-order valence-corrected chi connectivity index (χ3v) is 5.48. The highest BCUT2D eigenvalue weighted by molar-refractivity contribution is 5.69. The lowest BCUT2D eigenvalue weighted by Gasteiger charge is -2.21. The highest BCUT2D eigenvalue weighted by atomic mass is 16.4. The first-order valence-corrected chi connectivity index (χ1v) is 11.2. The second-order valence-electron chi connectivity index (χ2n) is 8.51. The average Bonchev–Trinajstić information content (AvgIpc) is 2.57. The van der Waals surface area contributed by atoms with Crippen molar-refractivity contribution in [3.05, 3.63) is 0 Å². The van der Waals surface area contributed by atoms with Crippen LogP contribution in [0.5, 0.6) is 0 Å². The van der Waals surface area contributed by atoms with Crippen molar-refractivity contribution in [2.24, 2.45) is 17.8 Å². The summed E-state index contributed by atoms with van der Waals surface area (Å²) in [5.74, 6) is 0.744. The standard InChI is InChI=1S/C23H46O2/c1-5-7-9-13-17-21(16-8-6-2)19-22(23(24)25)18-14-11-10-12-15-20(3)4/h20-22H,5-19H2,1-4H3,(H,24,25). The second-order valence-corrected chi connectivity index (χ2v) is 8.51. The van der Waals surface area contributed by atoms with E-state index in [1.807, 2.05) is 0 Å². The summed E-state index contributed by atoms with van der Waals surface area (Å²) in [6.07, 6.45) is 18.1. The summed E-state index contributed by atoms with van der Waals surface area (Å²) in [4.78, 5) is 11.7. The topological polar surface area (TPSA) is 37.3 Å². The van der Waals surface area contributed by atoms with Gasteiger partial charge in [-0.3, -0.25) is 4.79 Å². The van der Waals surface area contributed by atoms with Crippen LogP contribution in [-0.4, -0.2) is 11.1 Å². The summed E-state index contributed by atoms with van der Waals surface area (Å²) in [7, 11) is 0. The summed E-state index contributed by atoms with van der Waals surface area (Å²) in [5.41, 5.74) is 0. The zero-order chi connectivity index (χ0) is 18.9. The Morgan fingerprint density at radius 3 is 1.80 bits per heavy atom. The van der Waals surface area contributed by atoms with E-state index in [1.54, 1.807) is 0 Å². The Morgan fingerprint density at radius 1 is 0.720 bits per heavy atom. The summed E-state index contributed by atoms with van der Waals surface area (Å²) >= 11 is 0. The molecule has 2 heteroatoms. The second kappa shape index (κ2) is 16.9. The molecule has 0 aromatic heterocycles. The maximum atomic E-state index is 11.7. The van der Waals surface area contributed by atoms with E-state index >= 15 is 0 Å². The Morgan fingerprint density at radius 2 is 1.24 bits per heavy atom. The minimum absolute atomic E-state index is 0.113. The molecular formula is C23H46O2. The minimum atomic E-state index is -0.558. The van der Waals surface area contributed by atoms with E-state index in [4.69, 9.17) is 0 Å². The Bertz CT molecular complexity index is 298. The quantitative estimate of drug-likeness (QED) is 0.254. The van der Waals surface area contributed by atoms with E-state index in [0.717, 1.165) is 25.2 Å². The smallest absolute Gasteiger partial charge is 0.306 e. The normalized spacial score (nSPS) is 14.0. The van der Waals surface area contributed by atoms with Crippen molar-refractivity contribution in [3.63, 3.8) is 0 Å². The molecule has 150 valence electrons. The minimum Gasteiger partial charge on any atom is -0.481 e. The van der Waals surface area contributed by atoms with E-state index in [0.29, 0.717) is 5.92 Å². The van der Waals surface area contributed by atoms with Crippen molar-refractivity contribution < 1.29 is 9.90 Å². The molecule has 0 bridgehead atoms. The van der Waals surface area contributed by atoms with Gasteiger partial charge in [0.25, 0.3) is 0 Å². The molecule has 0 fully saturated rings. The van der Waals surface area contributed by atoms with Crippen LogP contribution in [0.15, 0.2) is 0 Å². The molecule has 2 atom stereocenters. The fourth-order valence-electron chi connectivity index (χ4n) is 3.77. The summed E-state index contributed by atoms with van der Waals surface area (Å²) in [6.45, 7) is 9.03. The van der Waals surface area contributed by atoms with Crippen molar-refractivity contribution in [1.82, 2.24) is 0 Å². The number of aliphatic carboxylic acids is 1. The van der Waals surface area contributed by atoms with Gasteiger partial charge in [0.1, 0.15) is 0 Å². The molecule has 0 aliphatic rings. The molecule has 0 aromatic carbocycles. The fraction of sp³-hybridized carbons (Fsp3) is 0.957. The van der Waals surface area contributed by atoms with Crippen LogP contribution in [0.3, 0.4) is 0 Å². The van der Waals surface area contributed by atoms with Gasteiger partial charge in [-0.15, -0.1) is 0 Å². The van der Waals surface area contributed by atoms with Crippen LogP contribution in [0.4, 0.5) is 0 Å². The molecule has 2 nitrogen and oxygen atoms in total. The molecule has 0 radical (unpaired) electrons. The van der Waals surface area contributed by atoms with Gasteiger partial charge in [0.05, 0.1) is 5.92 Å². The third kappa shape index (κ3) is 15.4. The Labute approximate surface area is 158 Å². The van der Waals surface area contributed by atoms with Gasteiger partial charge in [-0.2, -0.15) is 0 Å².